The van der Waals surface area contributed by atoms with Crippen molar-refractivity contribution < 1.29 is 40.6 Å². The van der Waals surface area contributed by atoms with Crippen LogP contribution in [0.15, 0.2) is 54.7 Å². The van der Waals surface area contributed by atoms with Gasteiger partial charge in [0.2, 0.25) is 5.95 Å². The van der Waals surface area contributed by atoms with Crippen LogP contribution in [-0.4, -0.2) is 71.0 Å². The summed E-state index contributed by atoms with van der Waals surface area (Å²) in [7, 11) is 0. The highest BCUT2D eigenvalue weighted by atomic mass is 19.4. The highest BCUT2D eigenvalue weighted by Crippen LogP contribution is 2.38. The number of ether oxygens (including phenoxy) is 2. The maximum Gasteiger partial charge on any atom is 0.416 e. The Bertz CT molecular complexity index is 1570. The Morgan fingerprint density at radius 1 is 0.920 bits per heavy atom. The molecular formula is C36H43F6N5O3. The number of halogens is 6. The first-order valence-corrected chi connectivity index (χ1v) is 16.8. The third kappa shape index (κ3) is 9.58. The van der Waals surface area contributed by atoms with Gasteiger partial charge in [-0.3, -0.25) is 0 Å². The van der Waals surface area contributed by atoms with Crippen molar-refractivity contribution >= 4 is 17.7 Å². The highest BCUT2D eigenvalue weighted by molar-refractivity contribution is 5.69. The van der Waals surface area contributed by atoms with Gasteiger partial charge in [0.25, 0.3) is 0 Å². The third-order valence-electron chi connectivity index (χ3n) is 8.84. The average Bonchev–Trinajstić information content (AvgIpc) is 3.04. The molecule has 50 heavy (non-hydrogen) atoms. The molecule has 0 aliphatic carbocycles. The first-order chi connectivity index (χ1) is 23.5. The van der Waals surface area contributed by atoms with Crippen molar-refractivity contribution in [1.82, 2.24) is 14.9 Å². The van der Waals surface area contributed by atoms with Crippen LogP contribution in [0.5, 0.6) is 0 Å². The third-order valence-corrected chi connectivity index (χ3v) is 8.84. The summed E-state index contributed by atoms with van der Waals surface area (Å²) < 4.78 is 93.5. The van der Waals surface area contributed by atoms with E-state index in [9.17, 15) is 31.1 Å². The summed E-state index contributed by atoms with van der Waals surface area (Å²) >= 11 is 0. The average molecular weight is 708 g/mol. The van der Waals surface area contributed by atoms with Crippen molar-refractivity contribution in [3.63, 3.8) is 0 Å². The fourth-order valence-electron chi connectivity index (χ4n) is 6.62. The number of hydrogen-bond donors (Lipinski definition) is 1. The zero-order valence-electron chi connectivity index (χ0n) is 28.6. The number of carbonyl (C=O) groups is 1. The standard InChI is InChI=1S/C36H43F6N5O3/c1-5-28-20-27(21-29(17-23-9-7-6-8-10-23)47(28)33(48)50-34(2,3)4)44-32-43-22-31(46-11-13-49-14-12-46)30(45-32)18-24-15-25(35(37,38)39)19-26(16-24)36(40,41)42/h6-10,15-16,19,22,27-29H,5,11-14,17-18,20-21H2,1-4H3,(H,43,44,45)/t27?,28-,29?/m1/s1. The van der Waals surface area contributed by atoms with Crippen LogP contribution in [0.25, 0.3) is 0 Å². The van der Waals surface area contributed by atoms with Gasteiger partial charge in [-0.15, -0.1) is 0 Å². The van der Waals surface area contributed by atoms with E-state index in [-0.39, 0.29) is 47.8 Å². The summed E-state index contributed by atoms with van der Waals surface area (Å²) in [5.41, 5.74) is -1.77. The minimum Gasteiger partial charge on any atom is -0.444 e. The number of alkyl halides is 6. The molecule has 1 amide bonds. The van der Waals surface area contributed by atoms with Crippen LogP contribution in [-0.2, 0) is 34.7 Å². The lowest BCUT2D eigenvalue weighted by molar-refractivity contribution is -0.143. The second-order valence-corrected chi connectivity index (χ2v) is 13.8. The van der Waals surface area contributed by atoms with Crippen LogP contribution in [0, 0.1) is 0 Å². The van der Waals surface area contributed by atoms with E-state index in [1.54, 1.807) is 6.20 Å². The molecule has 2 aliphatic rings. The molecule has 1 aromatic heterocycles. The Morgan fingerprint density at radius 2 is 1.54 bits per heavy atom. The van der Waals surface area contributed by atoms with Gasteiger partial charge in [-0.1, -0.05) is 37.3 Å². The molecule has 0 spiro atoms. The van der Waals surface area contributed by atoms with E-state index < -0.39 is 35.2 Å². The van der Waals surface area contributed by atoms with Crippen molar-refractivity contribution in [2.45, 2.75) is 95.9 Å². The van der Waals surface area contributed by atoms with Gasteiger partial charge in [0, 0.05) is 37.6 Å². The molecule has 3 atom stereocenters. The molecule has 0 saturated carbocycles. The Morgan fingerprint density at radius 3 is 2.12 bits per heavy atom. The molecule has 5 rings (SSSR count). The first-order valence-electron chi connectivity index (χ1n) is 16.8. The summed E-state index contributed by atoms with van der Waals surface area (Å²) in [4.78, 5) is 26.5. The Labute approximate surface area is 288 Å². The van der Waals surface area contributed by atoms with Crippen LogP contribution >= 0.6 is 0 Å². The summed E-state index contributed by atoms with van der Waals surface area (Å²) in [5, 5.41) is 3.39. The Balaban J connectivity index is 1.47. The number of hydrogen-bond acceptors (Lipinski definition) is 7. The molecule has 14 heteroatoms. The van der Waals surface area contributed by atoms with Crippen molar-refractivity contribution in [2.24, 2.45) is 0 Å². The van der Waals surface area contributed by atoms with Crippen LogP contribution < -0.4 is 10.2 Å². The van der Waals surface area contributed by atoms with E-state index in [1.807, 2.05) is 67.8 Å². The van der Waals surface area contributed by atoms with E-state index in [4.69, 9.17) is 14.5 Å². The molecule has 3 aromatic rings. The lowest BCUT2D eigenvalue weighted by Crippen LogP contribution is -2.56. The molecule has 2 unspecified atom stereocenters. The summed E-state index contributed by atoms with van der Waals surface area (Å²) in [5.74, 6) is 0.198. The Hall–Kier alpha value is -4.07. The van der Waals surface area contributed by atoms with Crippen LogP contribution in [0.3, 0.4) is 0 Å². The summed E-state index contributed by atoms with van der Waals surface area (Å²) in [6.07, 6.45) is -6.76. The lowest BCUT2D eigenvalue weighted by Gasteiger charge is -2.45. The fourth-order valence-corrected chi connectivity index (χ4v) is 6.62. The largest absolute Gasteiger partial charge is 0.444 e. The fraction of sp³-hybridized carbons (Fsp3) is 0.528. The van der Waals surface area contributed by atoms with Gasteiger partial charge in [0.05, 0.1) is 41.9 Å². The normalized spacial score (nSPS) is 20.5. The predicted octanol–water partition coefficient (Wildman–Crippen LogP) is 8.14. The zero-order valence-corrected chi connectivity index (χ0v) is 28.6. The minimum atomic E-state index is -4.97. The van der Waals surface area contributed by atoms with Crippen LogP contribution in [0.2, 0.25) is 0 Å². The van der Waals surface area contributed by atoms with Gasteiger partial charge >= 0.3 is 18.4 Å². The number of benzene rings is 2. The molecular weight excluding hydrogens is 664 g/mol. The van der Waals surface area contributed by atoms with E-state index in [1.165, 1.54) is 0 Å². The second kappa shape index (κ2) is 15.0. The van der Waals surface area contributed by atoms with Crippen LogP contribution in [0.1, 0.15) is 74.9 Å². The molecule has 2 fully saturated rings. The number of nitrogens with zero attached hydrogens (tertiary/aromatic N) is 4. The number of likely N-dealkylation sites (tertiary alicyclic amines) is 1. The maximum absolute atomic E-state index is 13.7. The topological polar surface area (TPSA) is 79.8 Å². The lowest BCUT2D eigenvalue weighted by atomic mass is 9.87. The first kappa shape index (κ1) is 37.2. The van der Waals surface area contributed by atoms with Crippen molar-refractivity contribution in [1.29, 1.82) is 0 Å². The zero-order chi connectivity index (χ0) is 36.3. The molecule has 2 aliphatic heterocycles. The van der Waals surface area contributed by atoms with Crippen molar-refractivity contribution in [3.8, 4) is 0 Å². The van der Waals surface area contributed by atoms with Gasteiger partial charge in [-0.25, -0.2) is 14.8 Å². The van der Waals surface area contributed by atoms with E-state index in [2.05, 4.69) is 10.3 Å². The molecule has 2 saturated heterocycles. The molecule has 8 nitrogen and oxygen atoms in total. The summed E-state index contributed by atoms with van der Waals surface area (Å²) in [6, 6.07) is 10.8. The number of nitrogens with one attached hydrogen (secondary N) is 1. The summed E-state index contributed by atoms with van der Waals surface area (Å²) in [6.45, 7) is 9.20. The minimum absolute atomic E-state index is 0.124. The quantitative estimate of drug-likeness (QED) is 0.237. The Kier molecular flexibility index (Phi) is 11.2. The van der Waals surface area contributed by atoms with E-state index in [0.717, 1.165) is 17.7 Å². The van der Waals surface area contributed by atoms with Crippen molar-refractivity contribution in [3.05, 3.63) is 82.7 Å². The molecule has 0 bridgehead atoms. The van der Waals surface area contributed by atoms with Gasteiger partial charge in [-0.2, -0.15) is 26.3 Å². The number of amides is 1. The molecule has 3 heterocycles. The van der Waals surface area contributed by atoms with Crippen LogP contribution in [0.4, 0.5) is 42.8 Å². The van der Waals surface area contributed by atoms with E-state index in [0.29, 0.717) is 57.7 Å². The number of piperidine rings is 1. The van der Waals surface area contributed by atoms with Gasteiger partial charge in [-0.05, 0) is 75.8 Å². The predicted molar refractivity (Wildman–Crippen MR) is 177 cm³/mol. The number of anilines is 2. The van der Waals surface area contributed by atoms with E-state index >= 15 is 0 Å². The maximum atomic E-state index is 13.7. The number of rotatable bonds is 8. The molecule has 1 N–H and O–H groups in total. The molecule has 2 aromatic carbocycles. The molecule has 272 valence electrons. The second-order valence-electron chi connectivity index (χ2n) is 13.8. The highest BCUT2D eigenvalue weighted by Gasteiger charge is 2.40. The molecule has 0 radical (unpaired) electrons. The number of carbonyl (C=O) groups excluding carboxylic acids is 1. The SMILES string of the molecule is CC[C@@H]1CC(Nc2ncc(N3CCOCC3)c(Cc3cc(C(F)(F)F)cc(C(F)(F)F)c3)n2)CC(Cc2ccccc2)N1C(=O)OC(C)(C)C. The number of aromatic nitrogens is 2. The van der Waals surface area contributed by atoms with Gasteiger partial charge < -0.3 is 24.6 Å². The monoisotopic (exact) mass is 707 g/mol. The smallest absolute Gasteiger partial charge is 0.416 e. The van der Waals surface area contributed by atoms with Gasteiger partial charge in [0.15, 0.2) is 0 Å². The number of morpholine rings is 1. The van der Waals surface area contributed by atoms with Crippen molar-refractivity contribution in [2.75, 3.05) is 36.5 Å². The van der Waals surface area contributed by atoms with Gasteiger partial charge in [0.1, 0.15) is 5.60 Å².